The third-order valence-electron chi connectivity index (χ3n) is 3.22. The lowest BCUT2D eigenvalue weighted by Crippen LogP contribution is -1.89. The van der Waals surface area contributed by atoms with Gasteiger partial charge in [-0.2, -0.15) is 0 Å². The van der Waals surface area contributed by atoms with Crippen molar-refractivity contribution in [1.29, 1.82) is 0 Å². The van der Waals surface area contributed by atoms with Crippen LogP contribution in [0, 0.1) is 6.92 Å². The molecule has 20 heavy (non-hydrogen) atoms. The maximum atomic E-state index is 6.00. The average Bonchev–Trinajstić information content (AvgIpc) is 3.04. The minimum absolute atomic E-state index is 0.845. The first-order valence-corrected chi connectivity index (χ1v) is 9.02. The first-order valence-electron chi connectivity index (χ1n) is 6.22. The first kappa shape index (κ1) is 14.3. The van der Waals surface area contributed by atoms with Crippen molar-refractivity contribution in [2.24, 2.45) is 0 Å². The van der Waals surface area contributed by atoms with E-state index in [9.17, 15) is 0 Å². The molecule has 0 atom stereocenters. The molecule has 0 spiro atoms. The highest BCUT2D eigenvalue weighted by Crippen LogP contribution is 2.36. The molecule has 1 aromatic carbocycles. The number of hydrogen-bond acceptors (Lipinski definition) is 2. The molecule has 0 aliphatic carbocycles. The topological polar surface area (TPSA) is 0 Å². The third kappa shape index (κ3) is 3.01. The summed E-state index contributed by atoms with van der Waals surface area (Å²) >= 11 is 13.1. The lowest BCUT2D eigenvalue weighted by atomic mass is 10.1. The first-order chi connectivity index (χ1) is 9.63. The maximum Gasteiger partial charge on any atom is 0.0935 e. The Kier molecular flexibility index (Phi) is 4.32. The monoisotopic (exact) mass is 382 g/mol. The van der Waals surface area contributed by atoms with Crippen LogP contribution in [0.15, 0.2) is 46.9 Å². The SMILES string of the molecule is Cc1c(Br)cccc1Cc1ccc(-c2ccc(Cl)s2)s1. The predicted molar refractivity (Wildman–Crippen MR) is 94.3 cm³/mol. The van der Waals surface area contributed by atoms with Crippen LogP contribution >= 0.6 is 50.2 Å². The summed E-state index contributed by atoms with van der Waals surface area (Å²) in [5.41, 5.74) is 2.69. The molecule has 0 N–H and O–H groups in total. The van der Waals surface area contributed by atoms with Gasteiger partial charge in [0.1, 0.15) is 0 Å². The van der Waals surface area contributed by atoms with Crippen molar-refractivity contribution in [3.63, 3.8) is 0 Å². The average molecular weight is 384 g/mol. The van der Waals surface area contributed by atoms with Crippen LogP contribution in [0.2, 0.25) is 4.34 Å². The summed E-state index contributed by atoms with van der Waals surface area (Å²) in [6.45, 7) is 2.16. The largest absolute Gasteiger partial charge is 0.139 e. The van der Waals surface area contributed by atoms with Crippen molar-refractivity contribution in [2.75, 3.05) is 0 Å². The summed E-state index contributed by atoms with van der Waals surface area (Å²) in [7, 11) is 0. The minimum Gasteiger partial charge on any atom is -0.139 e. The van der Waals surface area contributed by atoms with Gasteiger partial charge < -0.3 is 0 Å². The summed E-state index contributed by atoms with van der Waals surface area (Å²) in [6, 6.07) is 14.8. The summed E-state index contributed by atoms with van der Waals surface area (Å²) in [6.07, 6.45) is 0.981. The van der Waals surface area contributed by atoms with E-state index in [4.69, 9.17) is 11.6 Å². The quantitative estimate of drug-likeness (QED) is 0.467. The molecule has 2 aromatic heterocycles. The Morgan fingerprint density at radius 1 is 1.00 bits per heavy atom. The molecule has 0 unspecified atom stereocenters. The van der Waals surface area contributed by atoms with E-state index in [-0.39, 0.29) is 0 Å². The van der Waals surface area contributed by atoms with E-state index in [0.717, 1.165) is 10.8 Å². The van der Waals surface area contributed by atoms with Gasteiger partial charge in [0, 0.05) is 25.5 Å². The summed E-state index contributed by atoms with van der Waals surface area (Å²) in [5.74, 6) is 0. The normalized spacial score (nSPS) is 10.9. The molecule has 102 valence electrons. The zero-order chi connectivity index (χ0) is 14.1. The Morgan fingerprint density at radius 2 is 1.75 bits per heavy atom. The molecule has 0 aliphatic rings. The highest BCUT2D eigenvalue weighted by Gasteiger charge is 2.08. The fourth-order valence-corrected chi connectivity index (χ4v) is 4.65. The van der Waals surface area contributed by atoms with Gasteiger partial charge in [-0.05, 0) is 48.4 Å². The van der Waals surface area contributed by atoms with Crippen molar-refractivity contribution in [3.8, 4) is 9.75 Å². The molecule has 3 aromatic rings. The molecule has 0 aliphatic heterocycles. The second-order valence-corrected chi connectivity index (χ2v) is 8.31. The van der Waals surface area contributed by atoms with Crippen LogP contribution in [0.3, 0.4) is 0 Å². The number of benzene rings is 1. The van der Waals surface area contributed by atoms with E-state index in [1.54, 1.807) is 11.3 Å². The lowest BCUT2D eigenvalue weighted by Gasteiger charge is -2.05. The third-order valence-corrected chi connectivity index (χ3v) is 6.59. The Balaban J connectivity index is 1.86. The Hall–Kier alpha value is -0.610. The molecule has 3 rings (SSSR count). The Labute approximate surface area is 140 Å². The van der Waals surface area contributed by atoms with Crippen molar-refractivity contribution in [3.05, 3.63) is 67.3 Å². The van der Waals surface area contributed by atoms with Gasteiger partial charge >= 0.3 is 0 Å². The maximum absolute atomic E-state index is 6.00. The van der Waals surface area contributed by atoms with Gasteiger partial charge in [0.25, 0.3) is 0 Å². The van der Waals surface area contributed by atoms with Crippen LogP contribution in [-0.4, -0.2) is 0 Å². The van der Waals surface area contributed by atoms with Crippen molar-refractivity contribution in [2.45, 2.75) is 13.3 Å². The highest BCUT2D eigenvalue weighted by atomic mass is 79.9. The van der Waals surface area contributed by atoms with Crippen molar-refractivity contribution >= 4 is 50.2 Å². The molecule has 0 fully saturated rings. The molecule has 4 heteroatoms. The zero-order valence-corrected chi connectivity index (χ0v) is 14.8. The standard InChI is InChI=1S/C16H12BrClS2/c1-10-11(3-2-4-13(10)17)9-12-5-6-14(19-12)15-7-8-16(18)20-15/h2-8H,9H2,1H3. The smallest absolute Gasteiger partial charge is 0.0935 e. The van der Waals surface area contributed by atoms with Crippen LogP contribution in [0.25, 0.3) is 9.75 Å². The number of rotatable bonds is 3. The lowest BCUT2D eigenvalue weighted by molar-refractivity contribution is 1.18. The predicted octanol–water partition coefficient (Wildman–Crippen LogP) is 6.79. The number of hydrogen-bond donors (Lipinski definition) is 0. The Bertz CT molecular complexity index is 743. The molecule has 0 saturated carbocycles. The summed E-state index contributed by atoms with van der Waals surface area (Å²) < 4.78 is 2.02. The number of halogens is 2. The fraction of sp³-hybridized carbons (Fsp3) is 0.125. The molecule has 0 amide bonds. The van der Waals surface area contributed by atoms with E-state index in [0.29, 0.717) is 0 Å². The van der Waals surface area contributed by atoms with Crippen molar-refractivity contribution in [1.82, 2.24) is 0 Å². The van der Waals surface area contributed by atoms with E-state index in [1.807, 2.05) is 17.4 Å². The van der Waals surface area contributed by atoms with Gasteiger partial charge in [-0.1, -0.05) is 39.7 Å². The van der Waals surface area contributed by atoms with E-state index in [1.165, 1.54) is 30.2 Å². The minimum atomic E-state index is 0.845. The van der Waals surface area contributed by atoms with Gasteiger partial charge in [-0.3, -0.25) is 0 Å². The molecular formula is C16H12BrClS2. The molecule has 2 heterocycles. The summed E-state index contributed by atoms with van der Waals surface area (Å²) in [4.78, 5) is 3.92. The molecule has 0 saturated heterocycles. The highest BCUT2D eigenvalue weighted by molar-refractivity contribution is 9.10. The molecule has 0 bridgehead atoms. The van der Waals surface area contributed by atoms with Crippen LogP contribution in [-0.2, 0) is 6.42 Å². The van der Waals surface area contributed by atoms with Crippen LogP contribution in [0.5, 0.6) is 0 Å². The van der Waals surface area contributed by atoms with Gasteiger partial charge in [-0.25, -0.2) is 0 Å². The van der Waals surface area contributed by atoms with Gasteiger partial charge in [-0.15, -0.1) is 22.7 Å². The van der Waals surface area contributed by atoms with Gasteiger partial charge in [0.2, 0.25) is 0 Å². The Morgan fingerprint density at radius 3 is 2.50 bits per heavy atom. The molecule has 0 radical (unpaired) electrons. The van der Waals surface area contributed by atoms with E-state index in [2.05, 4.69) is 59.3 Å². The van der Waals surface area contributed by atoms with Gasteiger partial charge in [0.05, 0.1) is 4.34 Å². The van der Waals surface area contributed by atoms with Gasteiger partial charge in [0.15, 0.2) is 0 Å². The molecular weight excluding hydrogens is 372 g/mol. The summed E-state index contributed by atoms with van der Waals surface area (Å²) in [5, 5.41) is 0. The van der Waals surface area contributed by atoms with Crippen LogP contribution in [0.1, 0.15) is 16.0 Å². The molecule has 0 nitrogen and oxygen atoms in total. The number of thiophene rings is 2. The van der Waals surface area contributed by atoms with Crippen molar-refractivity contribution < 1.29 is 0 Å². The van der Waals surface area contributed by atoms with Crippen LogP contribution < -0.4 is 0 Å². The van der Waals surface area contributed by atoms with E-state index >= 15 is 0 Å². The van der Waals surface area contributed by atoms with E-state index < -0.39 is 0 Å². The second kappa shape index (κ2) is 6.02. The zero-order valence-electron chi connectivity index (χ0n) is 10.8. The second-order valence-electron chi connectivity index (χ2n) is 4.57. The van der Waals surface area contributed by atoms with Crippen LogP contribution in [0.4, 0.5) is 0 Å². The fourth-order valence-electron chi connectivity index (χ4n) is 2.08.